The minimum atomic E-state index is -0.300. The fraction of sp³-hybridized carbons (Fsp3) is 0.579. The molecule has 1 aliphatic carbocycles. The molecule has 1 aromatic heterocycles. The molecule has 1 saturated heterocycles. The Morgan fingerprint density at radius 3 is 2.83 bits per heavy atom. The van der Waals surface area contributed by atoms with Crippen LogP contribution in [0.5, 0.6) is 0 Å². The van der Waals surface area contributed by atoms with Crippen molar-refractivity contribution in [2.45, 2.75) is 63.6 Å². The molecule has 5 heteroatoms. The van der Waals surface area contributed by atoms with Crippen LogP contribution in [0.2, 0.25) is 0 Å². The Bertz CT molecular complexity index is 693. The topological polar surface area (TPSA) is 62.4 Å². The van der Waals surface area contributed by atoms with E-state index in [0.29, 0.717) is 24.2 Å². The molecule has 128 valence electrons. The number of aliphatic hydroxyl groups is 1. The number of aliphatic hydroxyl groups excluding tert-OH is 1. The van der Waals surface area contributed by atoms with Crippen molar-refractivity contribution in [2.24, 2.45) is 0 Å². The maximum atomic E-state index is 10.2. The Kier molecular flexibility index (Phi) is 4.37. The monoisotopic (exact) mass is 327 g/mol. The van der Waals surface area contributed by atoms with Gasteiger partial charge in [0.05, 0.1) is 12.1 Å². The molecule has 1 saturated carbocycles. The molecule has 1 N–H and O–H groups in total. The lowest BCUT2D eigenvalue weighted by Gasteiger charge is -2.33. The Balaban J connectivity index is 1.58. The molecule has 0 spiro atoms. The maximum absolute atomic E-state index is 10.2. The van der Waals surface area contributed by atoms with Gasteiger partial charge >= 0.3 is 0 Å². The van der Waals surface area contributed by atoms with Crippen LogP contribution in [0.15, 0.2) is 28.8 Å². The molecule has 0 amide bonds. The highest BCUT2D eigenvalue weighted by Crippen LogP contribution is 2.37. The molecule has 2 fully saturated rings. The SMILES string of the molecule is Cc1cccc(-c2noc(C3CC(O)CN3C3CCCCC3)n2)c1. The van der Waals surface area contributed by atoms with E-state index in [4.69, 9.17) is 4.52 Å². The highest BCUT2D eigenvalue weighted by atomic mass is 16.5. The second kappa shape index (κ2) is 6.65. The molecule has 2 aliphatic rings. The lowest BCUT2D eigenvalue weighted by atomic mass is 9.94. The van der Waals surface area contributed by atoms with E-state index in [1.807, 2.05) is 12.1 Å². The largest absolute Gasteiger partial charge is 0.392 e. The quantitative estimate of drug-likeness (QED) is 0.935. The molecule has 24 heavy (non-hydrogen) atoms. The third kappa shape index (κ3) is 3.10. The van der Waals surface area contributed by atoms with Crippen molar-refractivity contribution < 1.29 is 9.63 Å². The number of rotatable bonds is 3. The van der Waals surface area contributed by atoms with Crippen LogP contribution in [0, 0.1) is 6.92 Å². The zero-order valence-electron chi connectivity index (χ0n) is 14.2. The molecule has 2 atom stereocenters. The van der Waals surface area contributed by atoms with Gasteiger partial charge in [0.25, 0.3) is 0 Å². The molecule has 2 heterocycles. The van der Waals surface area contributed by atoms with E-state index < -0.39 is 0 Å². The molecule has 4 rings (SSSR count). The van der Waals surface area contributed by atoms with Gasteiger partial charge in [-0.05, 0) is 32.3 Å². The highest BCUT2D eigenvalue weighted by Gasteiger charge is 2.39. The summed E-state index contributed by atoms with van der Waals surface area (Å²) in [6.07, 6.45) is 6.70. The van der Waals surface area contributed by atoms with Crippen LogP contribution < -0.4 is 0 Å². The van der Waals surface area contributed by atoms with Gasteiger partial charge in [0.15, 0.2) is 0 Å². The normalized spacial score (nSPS) is 26.1. The summed E-state index contributed by atoms with van der Waals surface area (Å²) in [7, 11) is 0. The van der Waals surface area contributed by atoms with E-state index >= 15 is 0 Å². The third-order valence-corrected chi connectivity index (χ3v) is 5.36. The van der Waals surface area contributed by atoms with Gasteiger partial charge < -0.3 is 9.63 Å². The number of aryl methyl sites for hydroxylation is 1. The number of hydrogen-bond acceptors (Lipinski definition) is 5. The molecule has 1 aromatic carbocycles. The van der Waals surface area contributed by atoms with Gasteiger partial charge in [-0.2, -0.15) is 4.98 Å². The first kappa shape index (κ1) is 15.8. The van der Waals surface area contributed by atoms with Crippen LogP contribution in [0.3, 0.4) is 0 Å². The van der Waals surface area contributed by atoms with E-state index in [2.05, 4.69) is 34.1 Å². The van der Waals surface area contributed by atoms with Crippen molar-refractivity contribution in [3.05, 3.63) is 35.7 Å². The average Bonchev–Trinajstić information content (AvgIpc) is 3.22. The number of benzene rings is 1. The van der Waals surface area contributed by atoms with Gasteiger partial charge in [-0.15, -0.1) is 0 Å². The third-order valence-electron chi connectivity index (χ3n) is 5.36. The number of likely N-dealkylation sites (tertiary alicyclic amines) is 1. The number of nitrogens with zero attached hydrogens (tertiary/aromatic N) is 3. The minimum absolute atomic E-state index is 0.0501. The van der Waals surface area contributed by atoms with Crippen LogP contribution in [-0.2, 0) is 0 Å². The zero-order chi connectivity index (χ0) is 16.5. The van der Waals surface area contributed by atoms with Gasteiger partial charge in [-0.1, -0.05) is 48.2 Å². The second-order valence-corrected chi connectivity index (χ2v) is 7.22. The lowest BCUT2D eigenvalue weighted by Crippen LogP contribution is -2.37. The fourth-order valence-electron chi connectivity index (χ4n) is 4.17. The molecule has 0 radical (unpaired) electrons. The summed E-state index contributed by atoms with van der Waals surface area (Å²) < 4.78 is 5.60. The number of β-amino-alcohol motifs (C(OH)–C–C–N with tert-alkyl or cyclic N) is 1. The summed E-state index contributed by atoms with van der Waals surface area (Å²) in [5.74, 6) is 1.28. The predicted octanol–water partition coefficient (Wildman–Crippen LogP) is 3.49. The van der Waals surface area contributed by atoms with Crippen molar-refractivity contribution in [3.63, 3.8) is 0 Å². The van der Waals surface area contributed by atoms with Crippen molar-refractivity contribution in [3.8, 4) is 11.4 Å². The lowest BCUT2D eigenvalue weighted by molar-refractivity contribution is 0.110. The number of hydrogen-bond donors (Lipinski definition) is 1. The van der Waals surface area contributed by atoms with E-state index in [1.54, 1.807) is 0 Å². The average molecular weight is 327 g/mol. The standard InChI is InChI=1S/C19H25N3O2/c1-13-6-5-7-14(10-13)18-20-19(24-21-18)17-11-16(23)12-22(17)15-8-3-2-4-9-15/h5-7,10,15-17,23H,2-4,8-9,11-12H2,1H3. The van der Waals surface area contributed by atoms with E-state index in [1.165, 1.54) is 37.7 Å². The second-order valence-electron chi connectivity index (χ2n) is 7.22. The molecule has 2 unspecified atom stereocenters. The molecule has 1 aliphatic heterocycles. The van der Waals surface area contributed by atoms with Crippen LogP contribution >= 0.6 is 0 Å². The summed E-state index contributed by atoms with van der Waals surface area (Å²) in [4.78, 5) is 7.05. The molecule has 2 aromatic rings. The fourth-order valence-corrected chi connectivity index (χ4v) is 4.17. The van der Waals surface area contributed by atoms with Crippen LogP contribution in [-0.4, -0.2) is 38.8 Å². The van der Waals surface area contributed by atoms with Crippen LogP contribution in [0.25, 0.3) is 11.4 Å². The maximum Gasteiger partial charge on any atom is 0.244 e. The van der Waals surface area contributed by atoms with E-state index in [9.17, 15) is 5.11 Å². The zero-order valence-corrected chi connectivity index (χ0v) is 14.2. The Morgan fingerprint density at radius 1 is 1.21 bits per heavy atom. The van der Waals surface area contributed by atoms with Gasteiger partial charge in [0.2, 0.25) is 11.7 Å². The summed E-state index contributed by atoms with van der Waals surface area (Å²) in [5.41, 5.74) is 2.16. The van der Waals surface area contributed by atoms with Gasteiger partial charge in [-0.3, -0.25) is 4.90 Å². The summed E-state index contributed by atoms with van der Waals surface area (Å²) in [6, 6.07) is 8.72. The van der Waals surface area contributed by atoms with Crippen molar-refractivity contribution in [1.29, 1.82) is 0 Å². The van der Waals surface area contributed by atoms with Crippen molar-refractivity contribution in [2.75, 3.05) is 6.54 Å². The van der Waals surface area contributed by atoms with Gasteiger partial charge in [0.1, 0.15) is 0 Å². The van der Waals surface area contributed by atoms with Gasteiger partial charge in [0, 0.05) is 18.2 Å². The Morgan fingerprint density at radius 2 is 2.04 bits per heavy atom. The summed E-state index contributed by atoms with van der Waals surface area (Å²) >= 11 is 0. The highest BCUT2D eigenvalue weighted by molar-refractivity contribution is 5.55. The molecule has 5 nitrogen and oxygen atoms in total. The first-order valence-electron chi connectivity index (χ1n) is 9.05. The molecular formula is C19H25N3O2. The first-order chi connectivity index (χ1) is 11.7. The molecule has 0 bridgehead atoms. The summed E-state index contributed by atoms with van der Waals surface area (Å²) in [5, 5.41) is 14.4. The van der Waals surface area contributed by atoms with Crippen LogP contribution in [0.1, 0.15) is 56.0 Å². The van der Waals surface area contributed by atoms with E-state index in [-0.39, 0.29) is 12.1 Å². The predicted molar refractivity (Wildman–Crippen MR) is 91.4 cm³/mol. The number of aromatic nitrogens is 2. The Labute approximate surface area is 142 Å². The first-order valence-corrected chi connectivity index (χ1v) is 9.05. The molecular weight excluding hydrogens is 302 g/mol. The van der Waals surface area contributed by atoms with Crippen molar-refractivity contribution >= 4 is 0 Å². The van der Waals surface area contributed by atoms with Crippen LogP contribution in [0.4, 0.5) is 0 Å². The minimum Gasteiger partial charge on any atom is -0.392 e. The van der Waals surface area contributed by atoms with Gasteiger partial charge in [-0.25, -0.2) is 0 Å². The van der Waals surface area contributed by atoms with Crippen molar-refractivity contribution in [1.82, 2.24) is 15.0 Å². The summed E-state index contributed by atoms with van der Waals surface area (Å²) in [6.45, 7) is 2.78. The smallest absolute Gasteiger partial charge is 0.244 e. The Hall–Kier alpha value is -1.72. The van der Waals surface area contributed by atoms with E-state index in [0.717, 1.165) is 12.1 Å².